The molecule has 1 amide bonds. The largest absolute Gasteiger partial charge is 0.490 e. The highest BCUT2D eigenvalue weighted by Gasteiger charge is 2.50. The number of amides is 1. The zero-order chi connectivity index (χ0) is 23.4. The van der Waals surface area contributed by atoms with Crippen molar-refractivity contribution < 1.29 is 37.3 Å². The summed E-state index contributed by atoms with van der Waals surface area (Å²) in [5, 5.41) is 8.91. The van der Waals surface area contributed by atoms with Crippen LogP contribution in [0.3, 0.4) is 0 Å². The van der Waals surface area contributed by atoms with Crippen LogP contribution in [0.2, 0.25) is 0 Å². The number of nitrogens with zero attached hydrogens (tertiary/aromatic N) is 3. The Morgan fingerprint density at radius 2 is 2.09 bits per heavy atom. The molecule has 2 fully saturated rings. The quantitative estimate of drug-likeness (QED) is 0.728. The number of hydrogen-bond acceptors (Lipinski definition) is 7. The van der Waals surface area contributed by atoms with E-state index in [9.17, 15) is 18.0 Å². The number of aliphatic carboxylic acids is 1. The van der Waals surface area contributed by atoms with Crippen molar-refractivity contribution in [2.24, 2.45) is 0 Å². The molecule has 0 bridgehead atoms. The van der Waals surface area contributed by atoms with Crippen LogP contribution >= 0.6 is 11.3 Å². The van der Waals surface area contributed by atoms with Crippen molar-refractivity contribution in [3.63, 3.8) is 0 Å². The highest BCUT2D eigenvalue weighted by Crippen LogP contribution is 2.36. The van der Waals surface area contributed by atoms with Gasteiger partial charge in [0.2, 0.25) is 0 Å². The summed E-state index contributed by atoms with van der Waals surface area (Å²) in [4.78, 5) is 31.6. The van der Waals surface area contributed by atoms with Gasteiger partial charge in [-0.3, -0.25) is 9.78 Å². The summed E-state index contributed by atoms with van der Waals surface area (Å²) in [6.07, 6.45) is -3.24. The first-order chi connectivity index (χ1) is 15.1. The first-order valence-electron chi connectivity index (χ1n) is 9.74. The molecule has 1 spiro atoms. The number of aromatic nitrogens is 2. The summed E-state index contributed by atoms with van der Waals surface area (Å²) >= 11 is 1.44. The van der Waals surface area contributed by atoms with Crippen LogP contribution in [0.4, 0.5) is 13.2 Å². The summed E-state index contributed by atoms with van der Waals surface area (Å²) < 4.78 is 43.8. The zero-order valence-corrected chi connectivity index (χ0v) is 18.0. The summed E-state index contributed by atoms with van der Waals surface area (Å²) in [5.74, 6) is -2.77. The van der Waals surface area contributed by atoms with E-state index in [0.29, 0.717) is 32.0 Å². The minimum atomic E-state index is -5.08. The second-order valence-electron chi connectivity index (χ2n) is 7.57. The van der Waals surface area contributed by atoms with Crippen LogP contribution in [0.25, 0.3) is 0 Å². The van der Waals surface area contributed by atoms with E-state index < -0.39 is 12.1 Å². The van der Waals surface area contributed by atoms with Crippen LogP contribution in [0.1, 0.15) is 34.7 Å². The molecule has 2 aliphatic heterocycles. The Bertz CT molecular complexity index is 933. The van der Waals surface area contributed by atoms with Crippen LogP contribution < -0.4 is 0 Å². The highest BCUT2D eigenvalue weighted by molar-refractivity contribution is 7.07. The number of aryl methyl sites for hydroxylation is 1. The third-order valence-corrected chi connectivity index (χ3v) is 5.59. The number of carbonyl (C=O) groups excluding carboxylic acids is 1. The first-order valence-corrected chi connectivity index (χ1v) is 10.7. The number of alkyl halides is 3. The Kier molecular flexibility index (Phi) is 7.47. The van der Waals surface area contributed by atoms with Gasteiger partial charge in [-0.15, -0.1) is 11.3 Å². The van der Waals surface area contributed by atoms with Crippen LogP contribution in [-0.4, -0.2) is 69.4 Å². The van der Waals surface area contributed by atoms with Crippen molar-refractivity contribution in [1.29, 1.82) is 0 Å². The summed E-state index contributed by atoms with van der Waals surface area (Å²) in [6.45, 7) is 4.40. The van der Waals surface area contributed by atoms with Gasteiger partial charge in [-0.2, -0.15) is 13.2 Å². The molecule has 1 unspecified atom stereocenters. The number of rotatable bonds is 4. The van der Waals surface area contributed by atoms with Crippen molar-refractivity contribution in [2.45, 2.75) is 44.3 Å². The Labute approximate surface area is 186 Å². The van der Waals surface area contributed by atoms with Crippen molar-refractivity contribution in [3.05, 3.63) is 46.2 Å². The first kappa shape index (κ1) is 24.1. The van der Waals surface area contributed by atoms with Crippen molar-refractivity contribution in [3.8, 4) is 0 Å². The molecular weight excluding hydrogens is 451 g/mol. The maximum absolute atomic E-state index is 12.3. The van der Waals surface area contributed by atoms with E-state index in [0.717, 1.165) is 24.2 Å². The van der Waals surface area contributed by atoms with Crippen LogP contribution in [0.5, 0.6) is 0 Å². The van der Waals surface area contributed by atoms with E-state index in [1.165, 1.54) is 11.3 Å². The molecule has 1 N–H and O–H groups in total. The fourth-order valence-corrected chi connectivity index (χ4v) is 4.03. The molecule has 2 saturated heterocycles. The number of halogens is 3. The molecule has 12 heteroatoms. The zero-order valence-electron chi connectivity index (χ0n) is 17.2. The lowest BCUT2D eigenvalue weighted by Crippen LogP contribution is -2.67. The number of carboxylic acid groups (broad SMARTS) is 1. The highest BCUT2D eigenvalue weighted by atomic mass is 32.1. The number of likely N-dealkylation sites (tertiary alicyclic amines) is 1. The van der Waals surface area contributed by atoms with E-state index in [-0.39, 0.29) is 17.6 Å². The SMILES string of the molecule is Cc1cccc(COC2CCOC3(C2)CN(C(=O)c2cscn2)C3)n1.O=C(O)C(F)(F)F. The molecule has 8 nitrogen and oxygen atoms in total. The molecule has 32 heavy (non-hydrogen) atoms. The lowest BCUT2D eigenvalue weighted by atomic mass is 9.84. The number of thiazole rings is 1. The third-order valence-electron chi connectivity index (χ3n) is 5.00. The molecule has 0 aliphatic carbocycles. The molecule has 2 aromatic heterocycles. The van der Waals surface area contributed by atoms with Gasteiger partial charge < -0.3 is 19.5 Å². The van der Waals surface area contributed by atoms with E-state index in [2.05, 4.69) is 9.97 Å². The minimum absolute atomic E-state index is 0.0116. The molecule has 0 aromatic carbocycles. The van der Waals surface area contributed by atoms with Gasteiger partial charge in [0.1, 0.15) is 11.3 Å². The maximum atomic E-state index is 12.3. The van der Waals surface area contributed by atoms with Gasteiger partial charge in [-0.05, 0) is 25.5 Å². The number of pyridine rings is 1. The van der Waals surface area contributed by atoms with Crippen LogP contribution in [0.15, 0.2) is 29.1 Å². The molecule has 0 radical (unpaired) electrons. The molecule has 1 atom stereocenters. The average molecular weight is 473 g/mol. The number of ether oxygens (including phenoxy) is 2. The monoisotopic (exact) mass is 473 g/mol. The Balaban J connectivity index is 0.000000360. The number of carbonyl (C=O) groups is 2. The molecule has 4 rings (SSSR count). The van der Waals surface area contributed by atoms with E-state index in [1.807, 2.05) is 25.1 Å². The van der Waals surface area contributed by atoms with Gasteiger partial charge in [0.05, 0.1) is 37.0 Å². The van der Waals surface area contributed by atoms with Gasteiger partial charge in [-0.25, -0.2) is 9.78 Å². The lowest BCUT2D eigenvalue weighted by molar-refractivity contribution is -0.192. The van der Waals surface area contributed by atoms with E-state index in [1.54, 1.807) is 15.8 Å². The molecule has 2 aliphatic rings. The predicted octanol–water partition coefficient (Wildman–Crippen LogP) is 3.07. The Morgan fingerprint density at radius 3 is 2.69 bits per heavy atom. The smallest absolute Gasteiger partial charge is 0.475 e. The standard InChI is InChI=1S/C18H21N3O3S.C2HF3O2/c1-13-3-2-4-14(20-13)8-23-15-5-6-24-18(7-15)10-21(11-18)17(22)16-9-25-12-19-16;3-2(4,5)1(6)7/h2-4,9,12,15H,5-8,10-11H2,1H3;(H,6,7). The van der Waals surface area contributed by atoms with E-state index in [4.69, 9.17) is 19.4 Å². The van der Waals surface area contributed by atoms with Gasteiger partial charge in [-0.1, -0.05) is 6.07 Å². The van der Waals surface area contributed by atoms with Crippen LogP contribution in [-0.2, 0) is 20.9 Å². The average Bonchev–Trinajstić information content (AvgIpc) is 3.25. The van der Waals surface area contributed by atoms with Gasteiger partial charge >= 0.3 is 12.1 Å². The van der Waals surface area contributed by atoms with Crippen molar-refractivity contribution >= 4 is 23.2 Å². The second kappa shape index (κ2) is 9.92. The summed E-state index contributed by atoms with van der Waals surface area (Å²) in [6, 6.07) is 5.97. The number of hydrogen-bond donors (Lipinski definition) is 1. The Hall–Kier alpha value is -2.57. The molecule has 174 valence electrons. The van der Waals surface area contributed by atoms with Gasteiger partial charge in [0.25, 0.3) is 5.91 Å². The normalized spacial score (nSPS) is 19.6. The maximum Gasteiger partial charge on any atom is 0.490 e. The third kappa shape index (κ3) is 6.24. The second-order valence-corrected chi connectivity index (χ2v) is 8.28. The topological polar surface area (TPSA) is 102 Å². The molecular formula is C20H22F3N3O5S. The lowest BCUT2D eigenvalue weighted by Gasteiger charge is -2.52. The fourth-order valence-electron chi connectivity index (χ4n) is 3.50. The minimum Gasteiger partial charge on any atom is -0.475 e. The summed E-state index contributed by atoms with van der Waals surface area (Å²) in [7, 11) is 0. The van der Waals surface area contributed by atoms with Gasteiger partial charge in [0, 0.05) is 24.1 Å². The molecule has 0 saturated carbocycles. The molecule has 2 aromatic rings. The molecule has 4 heterocycles. The van der Waals surface area contributed by atoms with Crippen molar-refractivity contribution in [1.82, 2.24) is 14.9 Å². The summed E-state index contributed by atoms with van der Waals surface area (Å²) in [5.41, 5.74) is 3.90. The van der Waals surface area contributed by atoms with E-state index >= 15 is 0 Å². The fraction of sp³-hybridized carbons (Fsp3) is 0.500. The van der Waals surface area contributed by atoms with Gasteiger partial charge in [0.15, 0.2) is 0 Å². The Morgan fingerprint density at radius 1 is 1.38 bits per heavy atom. The van der Waals surface area contributed by atoms with Crippen LogP contribution in [0, 0.1) is 6.92 Å². The number of carboxylic acids is 1. The van der Waals surface area contributed by atoms with Crippen molar-refractivity contribution in [2.75, 3.05) is 19.7 Å². The predicted molar refractivity (Wildman–Crippen MR) is 107 cm³/mol.